The van der Waals surface area contributed by atoms with Crippen LogP contribution in [0.15, 0.2) is 22.7 Å². The molecule has 0 radical (unpaired) electrons. The summed E-state index contributed by atoms with van der Waals surface area (Å²) in [4.78, 5) is 13.1. The van der Waals surface area contributed by atoms with Crippen molar-refractivity contribution in [3.05, 3.63) is 43.8 Å². The average Bonchev–Trinajstić information content (AvgIpc) is 2.81. The van der Waals surface area contributed by atoms with Gasteiger partial charge in [0.1, 0.15) is 4.88 Å². The molecular formula is C14H14BrClN2OS. The van der Waals surface area contributed by atoms with E-state index in [-0.39, 0.29) is 17.6 Å². The van der Waals surface area contributed by atoms with Gasteiger partial charge >= 0.3 is 0 Å². The van der Waals surface area contributed by atoms with Gasteiger partial charge in [-0.3, -0.25) is 4.79 Å². The summed E-state index contributed by atoms with van der Waals surface area (Å²) in [5.74, 6) is 0.00847. The van der Waals surface area contributed by atoms with Crippen LogP contribution in [-0.4, -0.2) is 15.4 Å². The zero-order valence-corrected chi connectivity index (χ0v) is 14.6. The van der Waals surface area contributed by atoms with Crippen LogP contribution >= 0.6 is 39.1 Å². The Morgan fingerprint density at radius 1 is 1.40 bits per heavy atom. The molecule has 2 aromatic rings. The lowest BCUT2D eigenvalue weighted by Crippen LogP contribution is -2.17. The highest BCUT2D eigenvalue weighted by atomic mass is 79.9. The molecule has 1 aromatic heterocycles. The second kappa shape index (κ2) is 5.92. The van der Waals surface area contributed by atoms with Crippen molar-refractivity contribution in [3.8, 4) is 0 Å². The molecule has 0 unspecified atom stereocenters. The molecule has 0 atom stereocenters. The molecule has 1 heterocycles. The van der Waals surface area contributed by atoms with Crippen LogP contribution in [0.25, 0.3) is 0 Å². The Kier molecular flexibility index (Phi) is 4.62. The number of benzene rings is 1. The predicted molar refractivity (Wildman–Crippen MR) is 85.8 cm³/mol. The molecule has 3 nitrogen and oxygen atoms in total. The summed E-state index contributed by atoms with van der Waals surface area (Å²) < 4.78 is 4.81. The highest BCUT2D eigenvalue weighted by molar-refractivity contribution is 9.10. The maximum Gasteiger partial charge on any atom is 0.180 e. The lowest BCUT2D eigenvalue weighted by molar-refractivity contribution is 0.0994. The van der Waals surface area contributed by atoms with Gasteiger partial charge in [-0.25, -0.2) is 0 Å². The number of nitrogens with zero attached hydrogens (tertiary/aromatic N) is 2. The van der Waals surface area contributed by atoms with E-state index in [0.717, 1.165) is 27.3 Å². The number of hydrogen-bond donors (Lipinski definition) is 0. The van der Waals surface area contributed by atoms with Crippen molar-refractivity contribution in [2.45, 2.75) is 32.6 Å². The molecule has 0 saturated carbocycles. The predicted octanol–water partition coefficient (Wildman–Crippen LogP) is 4.68. The molecule has 0 aliphatic carbocycles. The van der Waals surface area contributed by atoms with Crippen molar-refractivity contribution in [2.75, 3.05) is 0 Å². The van der Waals surface area contributed by atoms with Gasteiger partial charge in [-0.1, -0.05) is 58.9 Å². The van der Waals surface area contributed by atoms with E-state index in [9.17, 15) is 4.79 Å². The lowest BCUT2D eigenvalue weighted by atomic mass is 9.90. The number of rotatable bonds is 3. The van der Waals surface area contributed by atoms with Gasteiger partial charge in [-0.05, 0) is 29.2 Å². The Morgan fingerprint density at radius 2 is 2.10 bits per heavy atom. The van der Waals surface area contributed by atoms with Crippen LogP contribution in [-0.2, 0) is 11.8 Å². The van der Waals surface area contributed by atoms with E-state index < -0.39 is 0 Å². The molecule has 0 aliphatic heterocycles. The smallest absolute Gasteiger partial charge is 0.180 e. The first kappa shape index (κ1) is 15.6. The van der Waals surface area contributed by atoms with E-state index >= 15 is 0 Å². The minimum atomic E-state index is -0.193. The molecule has 6 heteroatoms. The van der Waals surface area contributed by atoms with Crippen molar-refractivity contribution >= 4 is 44.8 Å². The molecule has 0 aliphatic rings. The lowest BCUT2D eigenvalue weighted by Gasteiger charge is -2.16. The highest BCUT2D eigenvalue weighted by Crippen LogP contribution is 2.28. The van der Waals surface area contributed by atoms with Crippen molar-refractivity contribution in [2.24, 2.45) is 0 Å². The van der Waals surface area contributed by atoms with Gasteiger partial charge in [0.15, 0.2) is 5.78 Å². The van der Waals surface area contributed by atoms with Gasteiger partial charge in [0.25, 0.3) is 0 Å². The third-order valence-corrected chi connectivity index (χ3v) is 4.43. The van der Waals surface area contributed by atoms with Gasteiger partial charge in [-0.2, -0.15) is 0 Å². The minimum Gasteiger partial charge on any atom is -0.293 e. The monoisotopic (exact) mass is 372 g/mol. The van der Waals surface area contributed by atoms with E-state index in [1.165, 1.54) is 0 Å². The van der Waals surface area contributed by atoms with E-state index in [1.54, 1.807) is 6.07 Å². The van der Waals surface area contributed by atoms with Crippen LogP contribution in [0.3, 0.4) is 0 Å². The van der Waals surface area contributed by atoms with Gasteiger partial charge in [0.2, 0.25) is 0 Å². The fourth-order valence-corrected chi connectivity index (χ4v) is 3.33. The molecule has 1 aromatic carbocycles. The summed E-state index contributed by atoms with van der Waals surface area (Å²) in [5, 5.41) is 4.68. The van der Waals surface area contributed by atoms with Crippen LogP contribution in [0.2, 0.25) is 5.02 Å². The number of ketones is 1. The number of carbonyl (C=O) groups excluding carboxylic acids is 1. The Hall–Kier alpha value is -0.780. The summed E-state index contributed by atoms with van der Waals surface area (Å²) in [6.07, 6.45) is 0.263. The second-order valence-corrected chi connectivity index (χ2v) is 7.61. The molecule has 0 bridgehead atoms. The molecule has 0 saturated heterocycles. The van der Waals surface area contributed by atoms with E-state index in [4.69, 9.17) is 11.6 Å². The Morgan fingerprint density at radius 3 is 2.70 bits per heavy atom. The number of hydrogen-bond acceptors (Lipinski definition) is 4. The van der Waals surface area contributed by atoms with Crippen molar-refractivity contribution in [1.29, 1.82) is 0 Å². The Bertz CT molecular complexity index is 649. The fraction of sp³-hybridized carbons (Fsp3) is 0.357. The Balaban J connectivity index is 2.27. The first-order chi connectivity index (χ1) is 9.29. The first-order valence-corrected chi connectivity index (χ1v) is 8.03. The molecule has 0 fully saturated rings. The van der Waals surface area contributed by atoms with Crippen molar-refractivity contribution in [1.82, 2.24) is 9.59 Å². The van der Waals surface area contributed by atoms with Crippen LogP contribution in [0.4, 0.5) is 0 Å². The molecule has 0 amide bonds. The van der Waals surface area contributed by atoms with E-state index in [1.807, 2.05) is 32.9 Å². The largest absolute Gasteiger partial charge is 0.293 e. The topological polar surface area (TPSA) is 42.9 Å². The normalized spacial score (nSPS) is 11.7. The van der Waals surface area contributed by atoms with Gasteiger partial charge in [0, 0.05) is 21.3 Å². The van der Waals surface area contributed by atoms with Crippen LogP contribution < -0.4 is 0 Å². The number of halogens is 2. The Labute approximate surface area is 135 Å². The molecule has 0 N–H and O–H groups in total. The van der Waals surface area contributed by atoms with E-state index in [2.05, 4.69) is 25.5 Å². The molecule has 106 valence electrons. The van der Waals surface area contributed by atoms with Crippen LogP contribution in [0.1, 0.15) is 41.7 Å². The molecular weight excluding hydrogens is 360 g/mol. The van der Waals surface area contributed by atoms with Crippen molar-refractivity contribution in [3.63, 3.8) is 0 Å². The fourth-order valence-electron chi connectivity index (χ4n) is 1.78. The third kappa shape index (κ3) is 3.45. The number of aromatic nitrogens is 2. The number of Topliss-reactive ketones (excluding diaryl/α,β-unsaturated/α-hetero) is 1. The van der Waals surface area contributed by atoms with Gasteiger partial charge in [-0.15, -0.1) is 5.10 Å². The quantitative estimate of drug-likeness (QED) is 0.734. The summed E-state index contributed by atoms with van der Waals surface area (Å²) in [5.41, 5.74) is 1.37. The van der Waals surface area contributed by atoms with Crippen molar-refractivity contribution < 1.29 is 4.79 Å². The maximum absolute atomic E-state index is 12.4. The highest BCUT2D eigenvalue weighted by Gasteiger charge is 2.26. The summed E-state index contributed by atoms with van der Waals surface area (Å²) in [6, 6.07) is 5.53. The summed E-state index contributed by atoms with van der Waals surface area (Å²) in [7, 11) is 0. The third-order valence-electron chi connectivity index (χ3n) is 2.82. The average molecular weight is 374 g/mol. The van der Waals surface area contributed by atoms with Crippen LogP contribution in [0, 0.1) is 0 Å². The van der Waals surface area contributed by atoms with E-state index in [0.29, 0.717) is 9.90 Å². The molecule has 20 heavy (non-hydrogen) atoms. The summed E-state index contributed by atoms with van der Waals surface area (Å²) in [6.45, 7) is 6.06. The van der Waals surface area contributed by atoms with Gasteiger partial charge < -0.3 is 0 Å². The molecule has 0 spiro atoms. The maximum atomic E-state index is 12.4. The second-order valence-electron chi connectivity index (χ2n) is 5.54. The zero-order valence-electron chi connectivity index (χ0n) is 11.4. The minimum absolute atomic E-state index is 0.00847. The van der Waals surface area contributed by atoms with Crippen LogP contribution in [0.5, 0.6) is 0 Å². The van der Waals surface area contributed by atoms with Gasteiger partial charge in [0.05, 0.1) is 5.69 Å². The standard InChI is InChI=1S/C14H14BrClN2OS/c1-14(2,3)13-12(20-18-17-13)11(19)6-8-4-5-9(15)7-10(8)16/h4-5,7H,6H2,1-3H3. The number of carbonyl (C=O) groups is 1. The SMILES string of the molecule is CC(C)(C)c1nnsc1C(=O)Cc1ccc(Br)cc1Cl. The summed E-state index contributed by atoms with van der Waals surface area (Å²) >= 11 is 10.7. The molecule has 2 rings (SSSR count). The first-order valence-electron chi connectivity index (χ1n) is 6.09. The zero-order chi connectivity index (χ0) is 14.9.